The Morgan fingerprint density at radius 2 is 1.97 bits per heavy atom. The number of sulfonamides is 1. The molecule has 178 valence electrons. The van der Waals surface area contributed by atoms with Crippen LogP contribution < -0.4 is 14.8 Å². The SMILES string of the molecule is COc1ccc(-c2nnc(NC(=O)C(C)NS(=O)(=O)CC34CCC(CC3=O)C4(C)C)s2)cc1. The zero-order valence-electron chi connectivity index (χ0n) is 19.0. The van der Waals surface area contributed by atoms with Crippen molar-refractivity contribution in [2.45, 2.75) is 46.1 Å². The van der Waals surface area contributed by atoms with E-state index in [1.54, 1.807) is 19.2 Å². The van der Waals surface area contributed by atoms with Gasteiger partial charge in [0.25, 0.3) is 0 Å². The fourth-order valence-corrected chi connectivity index (χ4v) is 7.94. The Morgan fingerprint density at radius 1 is 1.27 bits per heavy atom. The molecule has 1 aromatic carbocycles. The molecule has 2 N–H and O–H groups in total. The number of aromatic nitrogens is 2. The molecular weight excluding hydrogens is 464 g/mol. The fourth-order valence-electron chi connectivity index (χ4n) is 5.13. The molecule has 0 saturated heterocycles. The lowest BCUT2D eigenvalue weighted by Gasteiger charge is -2.36. The van der Waals surface area contributed by atoms with Crippen LogP contribution in [-0.2, 0) is 19.6 Å². The summed E-state index contributed by atoms with van der Waals surface area (Å²) >= 11 is 1.18. The number of amides is 1. The van der Waals surface area contributed by atoms with E-state index in [4.69, 9.17) is 4.74 Å². The Labute approximate surface area is 197 Å². The average Bonchev–Trinajstić information content (AvgIpc) is 3.36. The van der Waals surface area contributed by atoms with Crippen molar-refractivity contribution in [1.29, 1.82) is 0 Å². The van der Waals surface area contributed by atoms with Crippen LogP contribution in [0.25, 0.3) is 10.6 Å². The minimum atomic E-state index is -3.87. The largest absolute Gasteiger partial charge is 0.497 e. The van der Waals surface area contributed by atoms with Gasteiger partial charge in [-0.1, -0.05) is 25.2 Å². The van der Waals surface area contributed by atoms with Gasteiger partial charge in [-0.25, -0.2) is 13.1 Å². The zero-order valence-corrected chi connectivity index (χ0v) is 20.7. The highest BCUT2D eigenvalue weighted by Gasteiger charge is 2.65. The number of hydrogen-bond donors (Lipinski definition) is 2. The van der Waals surface area contributed by atoms with E-state index in [2.05, 4.69) is 20.2 Å². The molecule has 2 saturated carbocycles. The number of ether oxygens (including phenoxy) is 1. The minimum Gasteiger partial charge on any atom is -0.497 e. The van der Waals surface area contributed by atoms with E-state index in [0.29, 0.717) is 23.6 Å². The van der Waals surface area contributed by atoms with Gasteiger partial charge in [0.05, 0.1) is 18.9 Å². The third-order valence-electron chi connectivity index (χ3n) is 7.32. The van der Waals surface area contributed by atoms with Gasteiger partial charge in [-0.3, -0.25) is 14.9 Å². The van der Waals surface area contributed by atoms with E-state index in [1.165, 1.54) is 18.3 Å². The van der Waals surface area contributed by atoms with Crippen molar-refractivity contribution in [3.05, 3.63) is 24.3 Å². The topological polar surface area (TPSA) is 127 Å². The van der Waals surface area contributed by atoms with E-state index >= 15 is 0 Å². The number of hydrogen-bond acceptors (Lipinski definition) is 8. The molecule has 9 nitrogen and oxygen atoms in total. The molecule has 0 spiro atoms. The third kappa shape index (κ3) is 4.29. The maximum Gasteiger partial charge on any atom is 0.244 e. The lowest BCUT2D eigenvalue weighted by Crippen LogP contribution is -2.49. The summed E-state index contributed by atoms with van der Waals surface area (Å²) in [4.78, 5) is 25.3. The molecule has 2 fully saturated rings. The Bertz CT molecular complexity index is 1180. The fraction of sp³-hybridized carbons (Fsp3) is 0.545. The number of methoxy groups -OCH3 is 1. The van der Waals surface area contributed by atoms with Crippen LogP contribution in [0.2, 0.25) is 0 Å². The van der Waals surface area contributed by atoms with Crippen LogP contribution in [0.4, 0.5) is 5.13 Å². The highest BCUT2D eigenvalue weighted by atomic mass is 32.2. The molecule has 2 aliphatic carbocycles. The maximum atomic E-state index is 12.9. The van der Waals surface area contributed by atoms with Crippen molar-refractivity contribution >= 4 is 38.2 Å². The number of anilines is 1. The molecular formula is C22H28N4O5S2. The first-order chi connectivity index (χ1) is 15.5. The van der Waals surface area contributed by atoms with Gasteiger partial charge < -0.3 is 4.74 Å². The van der Waals surface area contributed by atoms with E-state index in [9.17, 15) is 18.0 Å². The van der Waals surface area contributed by atoms with Crippen LogP contribution in [0, 0.1) is 16.7 Å². The van der Waals surface area contributed by atoms with Crippen LogP contribution in [0.1, 0.15) is 40.0 Å². The van der Waals surface area contributed by atoms with Gasteiger partial charge in [0.2, 0.25) is 21.1 Å². The maximum absolute atomic E-state index is 12.9. The number of fused-ring (bicyclic) bond motifs is 2. The summed E-state index contributed by atoms with van der Waals surface area (Å²) in [5.41, 5.74) is -0.429. The first-order valence-corrected chi connectivity index (χ1v) is 13.3. The lowest BCUT2D eigenvalue weighted by molar-refractivity contribution is -0.128. The van der Waals surface area contributed by atoms with Gasteiger partial charge in [0.15, 0.2) is 0 Å². The summed E-state index contributed by atoms with van der Waals surface area (Å²) in [6.07, 6.45) is 1.87. The van der Waals surface area contributed by atoms with Crippen LogP contribution in [0.5, 0.6) is 5.75 Å². The summed E-state index contributed by atoms with van der Waals surface area (Å²) in [6.45, 7) is 5.43. The quantitative estimate of drug-likeness (QED) is 0.580. The number of ketones is 1. The van der Waals surface area contributed by atoms with E-state index in [-0.39, 0.29) is 28.0 Å². The highest BCUT2D eigenvalue weighted by Crippen LogP contribution is 2.64. The molecule has 1 aromatic heterocycles. The molecule has 3 unspecified atom stereocenters. The Morgan fingerprint density at radius 3 is 2.55 bits per heavy atom. The number of carbonyl (C=O) groups excluding carboxylic acids is 2. The number of nitrogens with one attached hydrogen (secondary N) is 2. The molecule has 2 aliphatic rings. The first-order valence-electron chi connectivity index (χ1n) is 10.8. The van der Waals surface area contributed by atoms with Crippen LogP contribution >= 0.6 is 11.3 Å². The standard InChI is InChI=1S/C22H28N4O5S2/c1-13(26-33(29,30)12-22-10-9-15(11-17(22)27)21(22,2)3)18(28)23-20-25-24-19(32-20)14-5-7-16(31-4)8-6-14/h5-8,13,15,26H,9-12H2,1-4H3,(H,23,25,28). The molecule has 2 aromatic rings. The second-order valence-corrected chi connectivity index (χ2v) is 12.1. The lowest BCUT2D eigenvalue weighted by atomic mass is 9.70. The Hall–Kier alpha value is -2.37. The monoisotopic (exact) mass is 492 g/mol. The predicted molar refractivity (Wildman–Crippen MR) is 125 cm³/mol. The first kappa shape index (κ1) is 23.8. The second-order valence-electron chi connectivity index (χ2n) is 9.40. The number of nitrogens with zero attached hydrogens (tertiary/aromatic N) is 2. The van der Waals surface area contributed by atoms with Gasteiger partial charge in [0, 0.05) is 17.4 Å². The van der Waals surface area contributed by atoms with Gasteiger partial charge in [0.1, 0.15) is 16.5 Å². The molecule has 4 rings (SSSR count). The molecule has 2 bridgehead atoms. The Kier molecular flexibility index (Phi) is 6.08. The highest BCUT2D eigenvalue weighted by molar-refractivity contribution is 7.89. The minimum absolute atomic E-state index is 0.0196. The second kappa shape index (κ2) is 8.44. The molecule has 33 heavy (non-hydrogen) atoms. The Balaban J connectivity index is 1.39. The number of carbonyl (C=O) groups is 2. The van der Waals surface area contributed by atoms with Crippen molar-refractivity contribution in [2.75, 3.05) is 18.2 Å². The van der Waals surface area contributed by atoms with Crippen LogP contribution in [-0.4, -0.2) is 49.2 Å². The third-order valence-corrected chi connectivity index (χ3v) is 9.79. The average molecular weight is 493 g/mol. The number of Topliss-reactive ketones (excluding diaryl/α,β-unsaturated/α-hetero) is 1. The molecule has 1 heterocycles. The summed E-state index contributed by atoms with van der Waals surface area (Å²) in [5, 5.41) is 11.6. The molecule has 1 amide bonds. The van der Waals surface area contributed by atoms with Gasteiger partial charge in [-0.2, -0.15) is 0 Å². The molecule has 0 aliphatic heterocycles. The van der Waals surface area contributed by atoms with Crippen molar-refractivity contribution < 1.29 is 22.7 Å². The van der Waals surface area contributed by atoms with Crippen LogP contribution in [0.3, 0.4) is 0 Å². The normalized spacial score (nSPS) is 24.6. The van der Waals surface area contributed by atoms with Crippen molar-refractivity contribution in [1.82, 2.24) is 14.9 Å². The molecule has 3 atom stereocenters. The summed E-state index contributed by atoms with van der Waals surface area (Å²) < 4.78 is 33.4. The molecule has 0 radical (unpaired) electrons. The van der Waals surface area contributed by atoms with E-state index < -0.39 is 27.4 Å². The molecule has 11 heteroatoms. The van der Waals surface area contributed by atoms with Crippen LogP contribution in [0.15, 0.2) is 24.3 Å². The summed E-state index contributed by atoms with van der Waals surface area (Å²) in [7, 11) is -2.29. The van der Waals surface area contributed by atoms with Crippen molar-refractivity contribution in [3.63, 3.8) is 0 Å². The van der Waals surface area contributed by atoms with Gasteiger partial charge >= 0.3 is 0 Å². The van der Waals surface area contributed by atoms with Crippen molar-refractivity contribution in [3.8, 4) is 16.3 Å². The van der Waals surface area contributed by atoms with Crippen molar-refractivity contribution in [2.24, 2.45) is 16.7 Å². The zero-order chi connectivity index (χ0) is 24.0. The van der Waals surface area contributed by atoms with E-state index in [0.717, 1.165) is 12.0 Å². The summed E-state index contributed by atoms with van der Waals surface area (Å²) in [6, 6.07) is 6.24. The summed E-state index contributed by atoms with van der Waals surface area (Å²) in [5.74, 6) is 0.118. The van der Waals surface area contributed by atoms with E-state index in [1.807, 2.05) is 26.0 Å². The number of rotatable bonds is 8. The van der Waals surface area contributed by atoms with Gasteiger partial charge in [-0.15, -0.1) is 10.2 Å². The van der Waals surface area contributed by atoms with Gasteiger partial charge in [-0.05, 0) is 55.4 Å². The smallest absolute Gasteiger partial charge is 0.244 e. The predicted octanol–water partition coefficient (Wildman–Crippen LogP) is 2.86. The number of benzene rings is 1.